The molecule has 1 heteroatoms. The molecule has 0 spiro atoms. The Morgan fingerprint density at radius 1 is 0.900 bits per heavy atom. The van der Waals surface area contributed by atoms with Gasteiger partial charge in [-0.05, 0) is 28.7 Å². The molecule has 0 saturated carbocycles. The zero-order valence-corrected chi connectivity index (χ0v) is 12.9. The van der Waals surface area contributed by atoms with E-state index < -0.39 is 0 Å². The molecule has 0 amide bonds. The molecule has 0 fully saturated rings. The Kier molecular flexibility index (Phi) is 3.99. The molecule has 1 nitrogen and oxygen atoms in total. The van der Waals surface area contributed by atoms with Gasteiger partial charge in [0.05, 0.1) is 0 Å². The van der Waals surface area contributed by atoms with Crippen LogP contribution in [0.5, 0.6) is 0 Å². The van der Waals surface area contributed by atoms with Gasteiger partial charge in [-0.25, -0.2) is 0 Å². The molecule has 0 aliphatic carbocycles. The van der Waals surface area contributed by atoms with Crippen LogP contribution in [0, 0.1) is 0 Å². The summed E-state index contributed by atoms with van der Waals surface area (Å²) in [5.41, 5.74) is 4.85. The van der Waals surface area contributed by atoms with Crippen LogP contribution in [0.4, 0.5) is 5.69 Å². The average Bonchev–Trinajstić information content (AvgIpc) is 2.46. The van der Waals surface area contributed by atoms with E-state index in [4.69, 9.17) is 0 Å². The first-order chi connectivity index (χ1) is 9.39. The summed E-state index contributed by atoms with van der Waals surface area (Å²) in [6.07, 6.45) is 0. The highest BCUT2D eigenvalue weighted by Crippen LogP contribution is 2.26. The minimum Gasteiger partial charge on any atom is -0.345 e. The highest BCUT2D eigenvalue weighted by molar-refractivity contribution is 5.77. The molecule has 104 valence electrons. The molecule has 0 aliphatic heterocycles. The molecular weight excluding hydrogens is 242 g/mol. The highest BCUT2D eigenvalue weighted by atomic mass is 15.1. The van der Waals surface area contributed by atoms with Crippen LogP contribution in [0.25, 0.3) is 5.70 Å². The van der Waals surface area contributed by atoms with Crippen LogP contribution >= 0.6 is 0 Å². The van der Waals surface area contributed by atoms with Crippen molar-refractivity contribution in [2.45, 2.75) is 26.2 Å². The zero-order valence-electron chi connectivity index (χ0n) is 12.9. The van der Waals surface area contributed by atoms with Crippen molar-refractivity contribution in [3.63, 3.8) is 0 Å². The van der Waals surface area contributed by atoms with Gasteiger partial charge in [0, 0.05) is 18.4 Å². The van der Waals surface area contributed by atoms with E-state index in [9.17, 15) is 0 Å². The van der Waals surface area contributed by atoms with Crippen LogP contribution in [0.15, 0.2) is 61.2 Å². The van der Waals surface area contributed by atoms with E-state index in [1.165, 1.54) is 5.56 Å². The van der Waals surface area contributed by atoms with E-state index in [2.05, 4.69) is 75.7 Å². The molecule has 0 unspecified atom stereocenters. The molecule has 2 aromatic rings. The first kappa shape index (κ1) is 14.4. The van der Waals surface area contributed by atoms with E-state index in [0.29, 0.717) is 0 Å². The van der Waals surface area contributed by atoms with Gasteiger partial charge in [-0.1, -0.05) is 69.8 Å². The van der Waals surface area contributed by atoms with Gasteiger partial charge in [0.15, 0.2) is 0 Å². The Morgan fingerprint density at radius 3 is 1.95 bits per heavy atom. The number of anilines is 1. The van der Waals surface area contributed by atoms with Crippen molar-refractivity contribution in [3.05, 3.63) is 72.3 Å². The van der Waals surface area contributed by atoms with E-state index in [1.54, 1.807) is 0 Å². The monoisotopic (exact) mass is 265 g/mol. The third-order valence-electron chi connectivity index (χ3n) is 3.63. The number of hydrogen-bond donors (Lipinski definition) is 0. The lowest BCUT2D eigenvalue weighted by atomic mass is 9.86. The number of hydrogen-bond acceptors (Lipinski definition) is 1. The van der Waals surface area contributed by atoms with Crippen LogP contribution in [-0.4, -0.2) is 7.05 Å². The summed E-state index contributed by atoms with van der Waals surface area (Å²) in [6, 6.07) is 19.0. The Balaban J connectivity index is 2.22. The van der Waals surface area contributed by atoms with Gasteiger partial charge in [0.25, 0.3) is 0 Å². The van der Waals surface area contributed by atoms with E-state index in [0.717, 1.165) is 16.9 Å². The molecule has 0 radical (unpaired) electrons. The summed E-state index contributed by atoms with van der Waals surface area (Å²) in [5, 5.41) is 0. The molecule has 0 N–H and O–H groups in total. The van der Waals surface area contributed by atoms with Crippen molar-refractivity contribution in [2.75, 3.05) is 11.9 Å². The van der Waals surface area contributed by atoms with Crippen molar-refractivity contribution in [2.24, 2.45) is 0 Å². The summed E-state index contributed by atoms with van der Waals surface area (Å²) < 4.78 is 0. The van der Waals surface area contributed by atoms with Gasteiger partial charge >= 0.3 is 0 Å². The molecular formula is C19H23N. The zero-order chi connectivity index (χ0) is 14.8. The first-order valence-corrected chi connectivity index (χ1v) is 6.98. The van der Waals surface area contributed by atoms with Crippen LogP contribution in [0.1, 0.15) is 31.9 Å². The summed E-state index contributed by atoms with van der Waals surface area (Å²) in [4.78, 5) is 2.12. The van der Waals surface area contributed by atoms with Crippen molar-refractivity contribution in [3.8, 4) is 0 Å². The van der Waals surface area contributed by atoms with Crippen LogP contribution in [0.3, 0.4) is 0 Å². The van der Waals surface area contributed by atoms with E-state index >= 15 is 0 Å². The summed E-state index contributed by atoms with van der Waals surface area (Å²) in [7, 11) is 2.05. The van der Waals surface area contributed by atoms with Crippen LogP contribution in [-0.2, 0) is 5.41 Å². The average molecular weight is 265 g/mol. The maximum Gasteiger partial charge on any atom is 0.0408 e. The van der Waals surface area contributed by atoms with Crippen LogP contribution in [0.2, 0.25) is 0 Å². The molecule has 2 aromatic carbocycles. The SMILES string of the molecule is C=C(c1ccc(C(C)(C)C)cc1)N(C)c1ccccc1. The Hall–Kier alpha value is -2.02. The van der Waals surface area contributed by atoms with Gasteiger partial charge in [-0.15, -0.1) is 0 Å². The van der Waals surface area contributed by atoms with Gasteiger partial charge in [0.1, 0.15) is 0 Å². The fourth-order valence-electron chi connectivity index (χ4n) is 2.16. The standard InChI is InChI=1S/C19H23N/c1-15(20(5)18-9-7-6-8-10-18)16-11-13-17(14-12-16)19(2,3)4/h6-14H,1H2,2-5H3. The second kappa shape index (κ2) is 5.54. The lowest BCUT2D eigenvalue weighted by Gasteiger charge is -2.23. The third-order valence-corrected chi connectivity index (χ3v) is 3.63. The fourth-order valence-corrected chi connectivity index (χ4v) is 2.16. The fraction of sp³-hybridized carbons (Fsp3) is 0.263. The molecule has 0 aromatic heterocycles. The maximum absolute atomic E-state index is 4.22. The normalized spacial score (nSPS) is 11.2. The molecule has 0 bridgehead atoms. The number of rotatable bonds is 3. The Bertz CT molecular complexity index is 573. The van der Waals surface area contributed by atoms with Crippen molar-refractivity contribution >= 4 is 11.4 Å². The largest absolute Gasteiger partial charge is 0.345 e. The Morgan fingerprint density at radius 2 is 1.45 bits per heavy atom. The molecule has 0 aliphatic rings. The van der Waals surface area contributed by atoms with Gasteiger partial charge in [0.2, 0.25) is 0 Å². The van der Waals surface area contributed by atoms with Crippen molar-refractivity contribution in [1.29, 1.82) is 0 Å². The molecule has 0 saturated heterocycles. The quantitative estimate of drug-likeness (QED) is 0.747. The van der Waals surface area contributed by atoms with E-state index in [-0.39, 0.29) is 5.41 Å². The van der Waals surface area contributed by atoms with Gasteiger partial charge in [-0.3, -0.25) is 0 Å². The molecule has 2 rings (SSSR count). The second-order valence-corrected chi connectivity index (χ2v) is 6.17. The molecule has 0 atom stereocenters. The van der Waals surface area contributed by atoms with Gasteiger partial charge in [-0.2, -0.15) is 0 Å². The second-order valence-electron chi connectivity index (χ2n) is 6.17. The minimum absolute atomic E-state index is 0.186. The minimum atomic E-state index is 0.186. The van der Waals surface area contributed by atoms with Crippen LogP contribution < -0.4 is 4.90 Å². The topological polar surface area (TPSA) is 3.24 Å². The van der Waals surface area contributed by atoms with Gasteiger partial charge < -0.3 is 4.90 Å². The number of benzene rings is 2. The highest BCUT2D eigenvalue weighted by Gasteiger charge is 2.14. The molecule has 0 heterocycles. The third kappa shape index (κ3) is 3.11. The summed E-state index contributed by atoms with van der Waals surface area (Å²) in [5.74, 6) is 0. The maximum atomic E-state index is 4.22. The lowest BCUT2D eigenvalue weighted by Crippen LogP contribution is -2.15. The lowest BCUT2D eigenvalue weighted by molar-refractivity contribution is 0.590. The molecule has 20 heavy (non-hydrogen) atoms. The van der Waals surface area contributed by atoms with Crippen molar-refractivity contribution < 1.29 is 0 Å². The number of para-hydroxylation sites is 1. The Labute approximate surface area is 122 Å². The van der Waals surface area contributed by atoms with Crippen molar-refractivity contribution in [1.82, 2.24) is 0 Å². The predicted molar refractivity (Wildman–Crippen MR) is 89.0 cm³/mol. The predicted octanol–water partition coefficient (Wildman–Crippen LogP) is 5.09. The first-order valence-electron chi connectivity index (χ1n) is 6.98. The van der Waals surface area contributed by atoms with E-state index in [1.807, 2.05) is 18.2 Å². The smallest absolute Gasteiger partial charge is 0.0408 e. The number of nitrogens with zero attached hydrogens (tertiary/aromatic N) is 1. The summed E-state index contributed by atoms with van der Waals surface area (Å²) in [6.45, 7) is 10.9. The summed E-state index contributed by atoms with van der Waals surface area (Å²) >= 11 is 0.